The van der Waals surface area contributed by atoms with Gasteiger partial charge in [-0.1, -0.05) is 19.0 Å². The van der Waals surface area contributed by atoms with E-state index in [-0.39, 0.29) is 5.54 Å². The van der Waals surface area contributed by atoms with E-state index in [1.165, 1.54) is 19.3 Å². The number of azide groups is 1. The molecule has 4 unspecified atom stereocenters. The Morgan fingerprint density at radius 3 is 2.75 bits per heavy atom. The van der Waals surface area contributed by atoms with E-state index in [2.05, 4.69) is 23.9 Å². The largest absolute Gasteiger partial charge is 0.0870 e. The van der Waals surface area contributed by atoms with Crippen molar-refractivity contribution >= 4 is 0 Å². The summed E-state index contributed by atoms with van der Waals surface area (Å²) in [5.41, 5.74) is 8.42. The molecule has 0 radical (unpaired) electrons. The minimum Gasteiger partial charge on any atom is -0.0870 e. The lowest BCUT2D eigenvalue weighted by Gasteiger charge is -2.34. The summed E-state index contributed by atoms with van der Waals surface area (Å²) in [6.07, 6.45) is 3.91. The fraction of sp³-hybridized carbons (Fsp3) is 1.00. The Labute approximate surface area is 72.8 Å². The van der Waals surface area contributed by atoms with Crippen molar-refractivity contribution in [2.24, 2.45) is 22.9 Å². The number of hydrogen-bond donors (Lipinski definition) is 0. The van der Waals surface area contributed by atoms with Gasteiger partial charge in [-0.3, -0.25) is 0 Å². The summed E-state index contributed by atoms with van der Waals surface area (Å²) in [6.45, 7) is 4.36. The van der Waals surface area contributed by atoms with Gasteiger partial charge in [0.2, 0.25) is 0 Å². The zero-order valence-electron chi connectivity index (χ0n) is 7.70. The van der Waals surface area contributed by atoms with Crippen molar-refractivity contribution in [1.82, 2.24) is 0 Å². The fourth-order valence-electron chi connectivity index (χ4n) is 3.12. The molecule has 2 aliphatic carbocycles. The Hall–Kier alpha value is -0.690. The lowest BCUT2D eigenvalue weighted by atomic mass is 9.76. The molecule has 3 heteroatoms. The van der Waals surface area contributed by atoms with Crippen molar-refractivity contribution in [3.05, 3.63) is 10.4 Å². The zero-order valence-corrected chi connectivity index (χ0v) is 7.70. The third-order valence-corrected chi connectivity index (χ3v) is 4.19. The van der Waals surface area contributed by atoms with Crippen LogP contribution < -0.4 is 0 Å². The van der Waals surface area contributed by atoms with Crippen molar-refractivity contribution in [3.8, 4) is 0 Å². The molecular formula is C9H15N3. The van der Waals surface area contributed by atoms with Crippen LogP contribution in [0.1, 0.15) is 33.1 Å². The van der Waals surface area contributed by atoms with Gasteiger partial charge in [0.25, 0.3) is 0 Å². The second-order valence-corrected chi connectivity index (χ2v) is 4.47. The summed E-state index contributed by atoms with van der Waals surface area (Å²) in [7, 11) is 0. The van der Waals surface area contributed by atoms with Gasteiger partial charge in [-0.15, -0.1) is 0 Å². The molecule has 2 fully saturated rings. The fourth-order valence-corrected chi connectivity index (χ4v) is 3.12. The first kappa shape index (κ1) is 7.93. The minimum absolute atomic E-state index is 0.0718. The van der Waals surface area contributed by atoms with E-state index in [1.54, 1.807) is 0 Å². The van der Waals surface area contributed by atoms with Crippen LogP contribution in [0.25, 0.3) is 10.4 Å². The van der Waals surface area contributed by atoms with Crippen molar-refractivity contribution < 1.29 is 0 Å². The highest BCUT2D eigenvalue weighted by atomic mass is 15.2. The summed E-state index contributed by atoms with van der Waals surface area (Å²) < 4.78 is 0. The molecule has 2 saturated carbocycles. The van der Waals surface area contributed by atoms with Gasteiger partial charge in [0.15, 0.2) is 0 Å². The number of nitrogens with zero attached hydrogens (tertiary/aromatic N) is 3. The standard InChI is InChI=1S/C9H15N3/c1-6-7-3-4-8(5-7)9(6,2)11-12-10/h6-8H,3-5H2,1-2H3. The van der Waals surface area contributed by atoms with Crippen LogP contribution in [0.5, 0.6) is 0 Å². The van der Waals surface area contributed by atoms with Gasteiger partial charge in [-0.2, -0.15) is 0 Å². The second kappa shape index (κ2) is 2.40. The normalized spacial score (nSPS) is 50.7. The monoisotopic (exact) mass is 165 g/mol. The van der Waals surface area contributed by atoms with Crippen LogP contribution in [0.2, 0.25) is 0 Å². The van der Waals surface area contributed by atoms with E-state index < -0.39 is 0 Å². The molecule has 3 nitrogen and oxygen atoms in total. The van der Waals surface area contributed by atoms with Gasteiger partial charge in [-0.25, -0.2) is 0 Å². The summed E-state index contributed by atoms with van der Waals surface area (Å²) in [5.74, 6) is 2.08. The molecule has 2 rings (SSSR count). The lowest BCUT2D eigenvalue weighted by Crippen LogP contribution is -2.36. The van der Waals surface area contributed by atoms with Crippen LogP contribution in [0, 0.1) is 17.8 Å². The molecule has 0 aliphatic heterocycles. The maximum Gasteiger partial charge on any atom is 0.0516 e. The summed E-state index contributed by atoms with van der Waals surface area (Å²) >= 11 is 0. The summed E-state index contributed by atoms with van der Waals surface area (Å²) in [4.78, 5) is 2.98. The maximum atomic E-state index is 8.50. The van der Waals surface area contributed by atoms with Gasteiger partial charge >= 0.3 is 0 Å². The molecule has 0 aromatic rings. The van der Waals surface area contributed by atoms with E-state index in [0.717, 1.165) is 5.92 Å². The first-order valence-corrected chi connectivity index (χ1v) is 4.74. The van der Waals surface area contributed by atoms with E-state index in [0.29, 0.717) is 11.8 Å². The van der Waals surface area contributed by atoms with Crippen molar-refractivity contribution in [1.29, 1.82) is 0 Å². The maximum absolute atomic E-state index is 8.50. The highest BCUT2D eigenvalue weighted by Gasteiger charge is 2.52. The van der Waals surface area contributed by atoms with E-state index in [1.807, 2.05) is 0 Å². The predicted octanol–water partition coefficient (Wildman–Crippen LogP) is 3.12. The van der Waals surface area contributed by atoms with Crippen LogP contribution in [-0.2, 0) is 0 Å². The molecule has 0 aromatic heterocycles. The summed E-state index contributed by atoms with van der Waals surface area (Å²) in [6, 6.07) is 0. The lowest BCUT2D eigenvalue weighted by molar-refractivity contribution is 0.210. The molecule has 2 bridgehead atoms. The van der Waals surface area contributed by atoms with Gasteiger partial charge in [0.1, 0.15) is 0 Å². The Bertz CT molecular complexity index is 240. The molecule has 4 atom stereocenters. The molecule has 2 aliphatic rings. The number of hydrogen-bond acceptors (Lipinski definition) is 1. The Morgan fingerprint density at radius 1 is 1.50 bits per heavy atom. The topological polar surface area (TPSA) is 48.8 Å². The molecule has 0 spiro atoms. The van der Waals surface area contributed by atoms with Gasteiger partial charge < -0.3 is 0 Å². The number of rotatable bonds is 1. The highest BCUT2D eigenvalue weighted by Crippen LogP contribution is 2.56. The quantitative estimate of drug-likeness (QED) is 0.325. The first-order chi connectivity index (χ1) is 5.68. The third-order valence-electron chi connectivity index (χ3n) is 4.19. The van der Waals surface area contributed by atoms with Gasteiger partial charge in [0.05, 0.1) is 5.54 Å². The molecule has 12 heavy (non-hydrogen) atoms. The minimum atomic E-state index is -0.0718. The average Bonchev–Trinajstić information content (AvgIpc) is 2.57. The van der Waals surface area contributed by atoms with Crippen LogP contribution >= 0.6 is 0 Å². The molecule has 0 saturated heterocycles. The van der Waals surface area contributed by atoms with Crippen molar-refractivity contribution in [2.75, 3.05) is 0 Å². The Morgan fingerprint density at radius 2 is 2.25 bits per heavy atom. The zero-order chi connectivity index (χ0) is 8.77. The predicted molar refractivity (Wildman–Crippen MR) is 47.5 cm³/mol. The van der Waals surface area contributed by atoms with Crippen LogP contribution in [0.4, 0.5) is 0 Å². The Kier molecular flexibility index (Phi) is 1.58. The molecule has 0 heterocycles. The summed E-state index contributed by atoms with van der Waals surface area (Å²) in [5, 5.41) is 4.00. The van der Waals surface area contributed by atoms with Crippen LogP contribution in [-0.4, -0.2) is 5.54 Å². The first-order valence-electron chi connectivity index (χ1n) is 4.74. The van der Waals surface area contributed by atoms with Crippen LogP contribution in [0.15, 0.2) is 5.11 Å². The third kappa shape index (κ3) is 0.802. The van der Waals surface area contributed by atoms with Gasteiger partial charge in [0, 0.05) is 4.91 Å². The molecule has 0 amide bonds. The van der Waals surface area contributed by atoms with E-state index in [9.17, 15) is 0 Å². The van der Waals surface area contributed by atoms with E-state index >= 15 is 0 Å². The van der Waals surface area contributed by atoms with Crippen LogP contribution in [0.3, 0.4) is 0 Å². The van der Waals surface area contributed by atoms with Crippen molar-refractivity contribution in [3.63, 3.8) is 0 Å². The number of fused-ring (bicyclic) bond motifs is 2. The SMILES string of the molecule is CC1C2CCC(C2)C1(C)N=[N+]=[N-]. The average molecular weight is 165 g/mol. The smallest absolute Gasteiger partial charge is 0.0516 e. The van der Waals surface area contributed by atoms with E-state index in [4.69, 9.17) is 5.53 Å². The highest BCUT2D eigenvalue weighted by molar-refractivity contribution is 5.07. The second-order valence-electron chi connectivity index (χ2n) is 4.47. The Balaban J connectivity index is 2.31. The molecule has 0 aromatic carbocycles. The molecular weight excluding hydrogens is 150 g/mol. The van der Waals surface area contributed by atoms with Gasteiger partial charge in [-0.05, 0) is 42.5 Å². The molecule has 66 valence electrons. The molecule has 0 N–H and O–H groups in total. The van der Waals surface area contributed by atoms with Crippen molar-refractivity contribution in [2.45, 2.75) is 38.6 Å².